The van der Waals surface area contributed by atoms with Crippen molar-refractivity contribution >= 4 is 23.2 Å². The molecule has 0 heterocycles. The number of nitrogens with two attached hydrogens (primary N) is 2. The van der Waals surface area contributed by atoms with Crippen LogP contribution in [0.25, 0.3) is 10.8 Å². The minimum atomic E-state index is -0.193. The molecule has 4 N–H and O–H groups in total. The van der Waals surface area contributed by atoms with Gasteiger partial charge in [0.25, 0.3) is 0 Å². The normalized spacial score (nSPS) is 11.9. The largest absolute Gasteiger partial charge is 0.496 e. The second-order valence-electron chi connectivity index (χ2n) is 3.74. The van der Waals surface area contributed by atoms with Crippen LogP contribution in [0.5, 0.6) is 5.75 Å². The molecule has 1 atom stereocenters. The van der Waals surface area contributed by atoms with Crippen molar-refractivity contribution in [2.45, 2.75) is 6.04 Å². The maximum Gasteiger partial charge on any atom is 0.124 e. The second kappa shape index (κ2) is 5.87. The van der Waals surface area contributed by atoms with Crippen LogP contribution < -0.4 is 16.2 Å². The smallest absolute Gasteiger partial charge is 0.124 e. The van der Waals surface area contributed by atoms with Crippen LogP contribution in [-0.4, -0.2) is 13.7 Å². The highest BCUT2D eigenvalue weighted by atomic mass is 35.5. The lowest BCUT2D eigenvalue weighted by Gasteiger charge is -2.16. The molecule has 0 aliphatic rings. The summed E-state index contributed by atoms with van der Waals surface area (Å²) in [6.07, 6.45) is 0. The molecule has 17 heavy (non-hydrogen) atoms. The Kier molecular flexibility index (Phi) is 4.75. The molecule has 0 saturated carbocycles. The van der Waals surface area contributed by atoms with Gasteiger partial charge >= 0.3 is 0 Å². The van der Waals surface area contributed by atoms with E-state index in [1.54, 1.807) is 7.11 Å². The number of hydrogen-bond acceptors (Lipinski definition) is 3. The average Bonchev–Trinajstić information content (AvgIpc) is 2.36. The van der Waals surface area contributed by atoms with Crippen LogP contribution in [0, 0.1) is 0 Å². The predicted octanol–water partition coefficient (Wildman–Crippen LogP) is 2.23. The predicted molar refractivity (Wildman–Crippen MR) is 73.7 cm³/mol. The van der Waals surface area contributed by atoms with Crippen molar-refractivity contribution in [3.63, 3.8) is 0 Å². The number of halogens is 1. The number of benzene rings is 2. The fourth-order valence-corrected chi connectivity index (χ4v) is 1.95. The monoisotopic (exact) mass is 252 g/mol. The van der Waals surface area contributed by atoms with Crippen LogP contribution in [-0.2, 0) is 0 Å². The van der Waals surface area contributed by atoms with Gasteiger partial charge in [0.1, 0.15) is 5.75 Å². The Balaban J connectivity index is 0.00000144. The summed E-state index contributed by atoms with van der Waals surface area (Å²) in [4.78, 5) is 0. The number of ether oxygens (including phenoxy) is 1. The first kappa shape index (κ1) is 13.8. The molecule has 2 aromatic carbocycles. The molecule has 2 rings (SSSR count). The summed E-state index contributed by atoms with van der Waals surface area (Å²) >= 11 is 0. The van der Waals surface area contributed by atoms with Gasteiger partial charge in [0.15, 0.2) is 0 Å². The third-order valence-corrected chi connectivity index (χ3v) is 2.78. The zero-order chi connectivity index (χ0) is 11.5. The summed E-state index contributed by atoms with van der Waals surface area (Å²) < 4.78 is 5.34. The minimum absolute atomic E-state index is 0. The molecule has 0 fully saturated rings. The highest BCUT2D eigenvalue weighted by molar-refractivity contribution is 5.88. The molecule has 92 valence electrons. The molecule has 0 aliphatic heterocycles. The van der Waals surface area contributed by atoms with E-state index in [1.165, 1.54) is 0 Å². The zero-order valence-electron chi connectivity index (χ0n) is 9.72. The first-order valence-electron chi connectivity index (χ1n) is 5.29. The number of methoxy groups -OCH3 is 1. The zero-order valence-corrected chi connectivity index (χ0v) is 10.5. The number of rotatable bonds is 3. The van der Waals surface area contributed by atoms with Gasteiger partial charge in [0.2, 0.25) is 0 Å². The summed E-state index contributed by atoms with van der Waals surface area (Å²) in [7, 11) is 1.65. The molecule has 0 radical (unpaired) electrons. The maximum atomic E-state index is 6.03. The average molecular weight is 253 g/mol. The summed E-state index contributed by atoms with van der Waals surface area (Å²) in [5.41, 5.74) is 12.7. The van der Waals surface area contributed by atoms with Gasteiger partial charge < -0.3 is 16.2 Å². The first-order valence-corrected chi connectivity index (χ1v) is 5.29. The Morgan fingerprint density at radius 1 is 1.18 bits per heavy atom. The van der Waals surface area contributed by atoms with E-state index in [0.717, 1.165) is 22.1 Å². The van der Waals surface area contributed by atoms with E-state index in [9.17, 15) is 0 Å². The van der Waals surface area contributed by atoms with Crippen LogP contribution in [0.3, 0.4) is 0 Å². The van der Waals surface area contributed by atoms with E-state index in [1.807, 2.05) is 30.3 Å². The van der Waals surface area contributed by atoms with Crippen LogP contribution in [0.1, 0.15) is 11.6 Å². The molecule has 0 bridgehead atoms. The number of fused-ring (bicyclic) bond motifs is 1. The van der Waals surface area contributed by atoms with Crippen molar-refractivity contribution in [2.24, 2.45) is 11.5 Å². The van der Waals surface area contributed by atoms with Gasteiger partial charge in [-0.25, -0.2) is 0 Å². The summed E-state index contributed by atoms with van der Waals surface area (Å²) in [6.45, 7) is 0.407. The molecular weight excluding hydrogens is 236 g/mol. The summed E-state index contributed by atoms with van der Waals surface area (Å²) in [6, 6.07) is 11.9. The van der Waals surface area contributed by atoms with Crippen LogP contribution in [0.4, 0.5) is 0 Å². The lowest BCUT2D eigenvalue weighted by atomic mass is 9.98. The Morgan fingerprint density at radius 2 is 1.88 bits per heavy atom. The summed E-state index contributed by atoms with van der Waals surface area (Å²) in [5, 5.41) is 2.27. The highest BCUT2D eigenvalue weighted by Gasteiger charge is 2.13. The summed E-state index contributed by atoms with van der Waals surface area (Å²) in [5.74, 6) is 0.802. The van der Waals surface area contributed by atoms with E-state index in [4.69, 9.17) is 16.2 Å². The third kappa shape index (κ3) is 2.52. The van der Waals surface area contributed by atoms with Gasteiger partial charge in [0.05, 0.1) is 7.11 Å². The minimum Gasteiger partial charge on any atom is -0.496 e. The lowest BCUT2D eigenvalue weighted by Crippen LogP contribution is -2.21. The van der Waals surface area contributed by atoms with E-state index < -0.39 is 0 Å². The molecule has 0 spiro atoms. The Bertz CT molecular complexity index is 502. The highest BCUT2D eigenvalue weighted by Crippen LogP contribution is 2.31. The molecule has 0 saturated heterocycles. The Labute approximate surface area is 107 Å². The molecule has 0 aromatic heterocycles. The molecule has 3 nitrogen and oxygen atoms in total. The molecule has 0 aliphatic carbocycles. The third-order valence-electron chi connectivity index (χ3n) is 2.78. The van der Waals surface area contributed by atoms with Crippen LogP contribution in [0.15, 0.2) is 36.4 Å². The van der Waals surface area contributed by atoms with Gasteiger partial charge in [0, 0.05) is 18.2 Å². The van der Waals surface area contributed by atoms with E-state index in [2.05, 4.69) is 6.07 Å². The van der Waals surface area contributed by atoms with E-state index in [0.29, 0.717) is 6.54 Å². The molecule has 0 unspecified atom stereocenters. The van der Waals surface area contributed by atoms with Gasteiger partial charge in [-0.1, -0.05) is 30.3 Å². The quantitative estimate of drug-likeness (QED) is 0.881. The van der Waals surface area contributed by atoms with Crippen molar-refractivity contribution in [1.29, 1.82) is 0 Å². The first-order chi connectivity index (χ1) is 7.77. The molecule has 0 amide bonds. The fourth-order valence-electron chi connectivity index (χ4n) is 1.95. The van der Waals surface area contributed by atoms with Crippen molar-refractivity contribution < 1.29 is 4.74 Å². The lowest BCUT2D eigenvalue weighted by molar-refractivity contribution is 0.407. The van der Waals surface area contributed by atoms with Crippen LogP contribution >= 0.6 is 12.4 Å². The van der Waals surface area contributed by atoms with Crippen molar-refractivity contribution in [1.82, 2.24) is 0 Å². The Morgan fingerprint density at radius 3 is 2.53 bits per heavy atom. The Hall–Kier alpha value is -1.29. The van der Waals surface area contributed by atoms with E-state index in [-0.39, 0.29) is 18.4 Å². The topological polar surface area (TPSA) is 61.3 Å². The molecule has 2 aromatic rings. The van der Waals surface area contributed by atoms with Crippen molar-refractivity contribution in [3.05, 3.63) is 42.0 Å². The van der Waals surface area contributed by atoms with Gasteiger partial charge in [-0.15, -0.1) is 12.4 Å². The SMILES string of the molecule is COc1ccc2ccccc2c1[C@H](N)CN.Cl. The fraction of sp³-hybridized carbons (Fsp3) is 0.231. The van der Waals surface area contributed by atoms with Gasteiger partial charge in [-0.05, 0) is 16.8 Å². The van der Waals surface area contributed by atoms with E-state index >= 15 is 0 Å². The van der Waals surface area contributed by atoms with Crippen LogP contribution in [0.2, 0.25) is 0 Å². The second-order valence-corrected chi connectivity index (χ2v) is 3.74. The standard InChI is InChI=1S/C13H16N2O.ClH/c1-16-12-7-6-9-4-2-3-5-10(9)13(12)11(15)8-14;/h2-7,11H,8,14-15H2,1H3;1H/t11-;/m1./s1. The van der Waals surface area contributed by atoms with Crippen molar-refractivity contribution in [2.75, 3.05) is 13.7 Å². The molecular formula is C13H17ClN2O. The van der Waals surface area contributed by atoms with Gasteiger partial charge in [-0.3, -0.25) is 0 Å². The molecule has 4 heteroatoms. The maximum absolute atomic E-state index is 6.03. The number of hydrogen-bond donors (Lipinski definition) is 2. The van der Waals surface area contributed by atoms with Crippen molar-refractivity contribution in [3.8, 4) is 5.75 Å². The van der Waals surface area contributed by atoms with Gasteiger partial charge in [-0.2, -0.15) is 0 Å².